The number of thioether (sulfide) groups is 1. The zero-order chi connectivity index (χ0) is 18.6. The van der Waals surface area contributed by atoms with E-state index in [4.69, 9.17) is 0 Å². The number of carbonyl (C=O) groups excluding carboxylic acids is 1. The molecule has 0 fully saturated rings. The molecule has 4 rings (SSSR count). The van der Waals surface area contributed by atoms with Crippen LogP contribution in [0, 0.1) is 0 Å². The predicted octanol–water partition coefficient (Wildman–Crippen LogP) is 3.89. The maximum atomic E-state index is 12.6. The van der Waals surface area contributed by atoms with Gasteiger partial charge in [-0.3, -0.25) is 4.79 Å². The van der Waals surface area contributed by atoms with Crippen molar-refractivity contribution in [1.82, 2.24) is 25.1 Å². The van der Waals surface area contributed by atoms with Gasteiger partial charge in [0.1, 0.15) is 0 Å². The molecule has 27 heavy (non-hydrogen) atoms. The van der Waals surface area contributed by atoms with E-state index in [-0.39, 0.29) is 12.5 Å². The van der Waals surface area contributed by atoms with E-state index in [1.807, 2.05) is 53.2 Å². The lowest BCUT2D eigenvalue weighted by atomic mass is 10.2. The number of rotatable bonds is 6. The molecule has 1 N–H and O–H groups in total. The van der Waals surface area contributed by atoms with Gasteiger partial charge in [-0.15, -0.1) is 22.0 Å². The Labute approximate surface area is 164 Å². The second kappa shape index (κ2) is 7.89. The number of benzene rings is 1. The summed E-state index contributed by atoms with van der Waals surface area (Å²) >= 11 is 3.27. The lowest BCUT2D eigenvalue weighted by molar-refractivity contribution is 0.0946. The van der Waals surface area contributed by atoms with E-state index < -0.39 is 0 Å². The van der Waals surface area contributed by atoms with Crippen LogP contribution in [0.4, 0.5) is 0 Å². The van der Waals surface area contributed by atoms with Gasteiger partial charge in [0.15, 0.2) is 11.5 Å². The predicted molar refractivity (Wildman–Crippen MR) is 108 cm³/mol. The number of amides is 1. The Morgan fingerprint density at radius 1 is 1.19 bits per heavy atom. The van der Waals surface area contributed by atoms with E-state index in [9.17, 15) is 4.79 Å². The zero-order valence-corrected chi connectivity index (χ0v) is 16.3. The molecule has 4 aromatic rings. The molecule has 0 spiro atoms. The van der Waals surface area contributed by atoms with Crippen molar-refractivity contribution in [3.05, 3.63) is 64.6 Å². The van der Waals surface area contributed by atoms with Gasteiger partial charge in [0, 0.05) is 15.8 Å². The fraction of sp³-hybridized carbons (Fsp3) is 0.158. The Balaban J connectivity index is 1.55. The summed E-state index contributed by atoms with van der Waals surface area (Å²) in [5.41, 5.74) is 3.22. The van der Waals surface area contributed by atoms with Crippen molar-refractivity contribution in [3.8, 4) is 11.3 Å². The van der Waals surface area contributed by atoms with Crippen LogP contribution in [0.2, 0.25) is 0 Å². The molecule has 3 aromatic heterocycles. The lowest BCUT2D eigenvalue weighted by Crippen LogP contribution is -2.24. The maximum Gasteiger partial charge on any atom is 0.252 e. The summed E-state index contributed by atoms with van der Waals surface area (Å²) < 4.78 is 1.68. The van der Waals surface area contributed by atoms with E-state index in [1.54, 1.807) is 27.6 Å². The molecular weight excluding hydrogens is 378 g/mol. The van der Waals surface area contributed by atoms with Crippen LogP contribution in [-0.2, 0) is 6.54 Å². The molecule has 0 aliphatic heterocycles. The van der Waals surface area contributed by atoms with Crippen molar-refractivity contribution in [1.29, 1.82) is 0 Å². The Morgan fingerprint density at radius 2 is 2.07 bits per heavy atom. The fourth-order valence-corrected chi connectivity index (χ4v) is 4.15. The molecule has 1 aromatic carbocycles. The van der Waals surface area contributed by atoms with Crippen LogP contribution in [-0.4, -0.2) is 31.5 Å². The normalized spacial score (nSPS) is 11.0. The number of thiophene rings is 1. The molecule has 0 saturated heterocycles. The fourth-order valence-electron chi connectivity index (χ4n) is 2.70. The Hall–Kier alpha value is -2.71. The molecule has 0 radical (unpaired) electrons. The first-order valence-corrected chi connectivity index (χ1v) is 10.4. The van der Waals surface area contributed by atoms with Crippen molar-refractivity contribution in [3.63, 3.8) is 0 Å². The van der Waals surface area contributed by atoms with Crippen molar-refractivity contribution in [2.45, 2.75) is 18.4 Å². The number of hydrogen-bond acceptors (Lipinski definition) is 6. The topological polar surface area (TPSA) is 72.2 Å². The number of fused-ring (bicyclic) bond motifs is 1. The van der Waals surface area contributed by atoms with Gasteiger partial charge in [-0.1, -0.05) is 19.1 Å². The third-order valence-corrected chi connectivity index (χ3v) is 5.62. The lowest BCUT2D eigenvalue weighted by Gasteiger charge is -2.08. The summed E-state index contributed by atoms with van der Waals surface area (Å²) in [6, 6.07) is 13.4. The van der Waals surface area contributed by atoms with Crippen LogP contribution in [0.5, 0.6) is 0 Å². The highest BCUT2D eigenvalue weighted by Crippen LogP contribution is 2.22. The van der Waals surface area contributed by atoms with E-state index in [0.29, 0.717) is 17.0 Å². The van der Waals surface area contributed by atoms with Gasteiger partial charge in [0.25, 0.3) is 5.91 Å². The largest absolute Gasteiger partial charge is 0.345 e. The molecule has 1 amide bonds. The molecule has 0 aliphatic carbocycles. The van der Waals surface area contributed by atoms with E-state index in [2.05, 4.69) is 27.5 Å². The quantitative estimate of drug-likeness (QED) is 0.502. The van der Waals surface area contributed by atoms with E-state index in [1.165, 1.54) is 0 Å². The van der Waals surface area contributed by atoms with Gasteiger partial charge in [0.05, 0.1) is 17.8 Å². The highest BCUT2D eigenvalue weighted by atomic mass is 32.2. The van der Waals surface area contributed by atoms with Gasteiger partial charge in [0.2, 0.25) is 0 Å². The second-order valence-electron chi connectivity index (χ2n) is 5.73. The van der Waals surface area contributed by atoms with Gasteiger partial charge in [-0.2, -0.15) is 21.0 Å². The third kappa shape index (κ3) is 3.72. The van der Waals surface area contributed by atoms with E-state index >= 15 is 0 Å². The first-order chi connectivity index (χ1) is 13.3. The van der Waals surface area contributed by atoms with Crippen LogP contribution < -0.4 is 5.32 Å². The molecule has 0 bridgehead atoms. The third-order valence-electron chi connectivity index (χ3n) is 3.98. The van der Waals surface area contributed by atoms with Crippen LogP contribution in [0.1, 0.15) is 23.1 Å². The highest BCUT2D eigenvalue weighted by molar-refractivity contribution is 7.99. The first kappa shape index (κ1) is 17.7. The number of aromatic nitrogens is 4. The minimum absolute atomic E-state index is 0.128. The smallest absolute Gasteiger partial charge is 0.252 e. The molecule has 6 nitrogen and oxygen atoms in total. The van der Waals surface area contributed by atoms with Crippen molar-refractivity contribution >= 4 is 34.7 Å². The number of hydrogen-bond donors (Lipinski definition) is 1. The van der Waals surface area contributed by atoms with Crippen LogP contribution in [0.3, 0.4) is 0 Å². The van der Waals surface area contributed by atoms with Crippen LogP contribution >= 0.6 is 23.1 Å². The summed E-state index contributed by atoms with van der Waals surface area (Å²) in [7, 11) is 0. The number of nitrogens with one attached hydrogen (secondary N) is 1. The summed E-state index contributed by atoms with van der Waals surface area (Å²) in [4.78, 5) is 13.6. The van der Waals surface area contributed by atoms with Gasteiger partial charge >= 0.3 is 0 Å². The maximum absolute atomic E-state index is 12.6. The second-order valence-corrected chi connectivity index (χ2v) is 7.81. The average molecular weight is 396 g/mol. The van der Waals surface area contributed by atoms with Crippen molar-refractivity contribution in [2.24, 2.45) is 0 Å². The summed E-state index contributed by atoms with van der Waals surface area (Å²) in [6.45, 7) is 2.32. The number of nitrogens with zero attached hydrogens (tertiary/aromatic N) is 4. The summed E-state index contributed by atoms with van der Waals surface area (Å²) in [5, 5.41) is 19.9. The molecule has 8 heteroatoms. The molecule has 0 atom stereocenters. The van der Waals surface area contributed by atoms with Crippen molar-refractivity contribution < 1.29 is 4.79 Å². The Morgan fingerprint density at radius 3 is 2.89 bits per heavy atom. The molecule has 0 aliphatic rings. The first-order valence-electron chi connectivity index (χ1n) is 8.50. The molecule has 0 saturated carbocycles. The minimum atomic E-state index is -0.128. The Bertz CT molecular complexity index is 1070. The van der Waals surface area contributed by atoms with E-state index in [0.717, 1.165) is 21.9 Å². The molecule has 136 valence electrons. The Kier molecular flexibility index (Phi) is 5.17. The number of carbonyl (C=O) groups is 1. The SMILES string of the molecule is CCSc1ccccc1C(=O)NCc1nnc2ccc(-c3ccsc3)nn12. The van der Waals surface area contributed by atoms with Crippen LogP contribution in [0.15, 0.2) is 58.1 Å². The monoisotopic (exact) mass is 395 g/mol. The highest BCUT2D eigenvalue weighted by Gasteiger charge is 2.13. The summed E-state index contributed by atoms with van der Waals surface area (Å²) in [5.74, 6) is 1.38. The summed E-state index contributed by atoms with van der Waals surface area (Å²) in [6.07, 6.45) is 0. The van der Waals surface area contributed by atoms with Gasteiger partial charge < -0.3 is 5.32 Å². The van der Waals surface area contributed by atoms with Crippen molar-refractivity contribution in [2.75, 3.05) is 5.75 Å². The minimum Gasteiger partial charge on any atom is -0.345 e. The average Bonchev–Trinajstić information content (AvgIpc) is 3.36. The standard InChI is InChI=1S/C19H17N5OS2/c1-2-27-16-6-4-3-5-14(16)19(25)20-11-18-22-21-17-8-7-15(23-24(17)18)13-9-10-26-12-13/h3-10,12H,2,11H2,1H3,(H,20,25). The van der Waals surface area contributed by atoms with Crippen LogP contribution in [0.25, 0.3) is 16.9 Å². The van der Waals surface area contributed by atoms with Gasteiger partial charge in [-0.25, -0.2) is 0 Å². The van der Waals surface area contributed by atoms with Gasteiger partial charge in [-0.05, 0) is 41.5 Å². The molecular formula is C19H17N5OS2. The zero-order valence-electron chi connectivity index (χ0n) is 14.6. The molecule has 3 heterocycles. The molecule has 0 unspecified atom stereocenters.